The summed E-state index contributed by atoms with van der Waals surface area (Å²) in [4.78, 5) is 24.3. The van der Waals surface area contributed by atoms with Gasteiger partial charge in [0.1, 0.15) is 0 Å². The SMILES string of the molecule is CCC[C@@H]1C=CC(=C(C)C)[C@H](C(=O)OC)[C@H]1C(=O)OC. The van der Waals surface area contributed by atoms with Gasteiger partial charge in [0.25, 0.3) is 0 Å². The highest BCUT2D eigenvalue weighted by atomic mass is 16.5. The number of carbonyl (C=O) groups excluding carboxylic acids is 2. The minimum absolute atomic E-state index is 0.0136. The van der Waals surface area contributed by atoms with E-state index in [0.29, 0.717) is 0 Å². The van der Waals surface area contributed by atoms with Gasteiger partial charge in [-0.2, -0.15) is 0 Å². The molecular formula is C16H24O4. The number of carbonyl (C=O) groups is 2. The summed E-state index contributed by atoms with van der Waals surface area (Å²) in [6.45, 7) is 5.93. The molecule has 0 unspecified atom stereocenters. The normalized spacial score (nSPS) is 25.2. The van der Waals surface area contributed by atoms with E-state index in [-0.39, 0.29) is 17.9 Å². The Labute approximate surface area is 120 Å². The molecule has 0 amide bonds. The zero-order chi connectivity index (χ0) is 15.3. The minimum Gasteiger partial charge on any atom is -0.469 e. The van der Waals surface area contributed by atoms with Gasteiger partial charge in [-0.15, -0.1) is 0 Å². The summed E-state index contributed by atoms with van der Waals surface area (Å²) in [5.74, 6) is -1.77. The lowest BCUT2D eigenvalue weighted by Gasteiger charge is -2.33. The monoisotopic (exact) mass is 280 g/mol. The number of methoxy groups -OCH3 is 2. The highest BCUT2D eigenvalue weighted by Gasteiger charge is 2.43. The maximum Gasteiger partial charge on any atom is 0.314 e. The lowest BCUT2D eigenvalue weighted by Crippen LogP contribution is -2.39. The van der Waals surface area contributed by atoms with Crippen molar-refractivity contribution in [2.75, 3.05) is 14.2 Å². The van der Waals surface area contributed by atoms with Gasteiger partial charge >= 0.3 is 11.9 Å². The van der Waals surface area contributed by atoms with Crippen molar-refractivity contribution < 1.29 is 19.1 Å². The first kappa shape index (κ1) is 16.5. The van der Waals surface area contributed by atoms with E-state index < -0.39 is 11.8 Å². The van der Waals surface area contributed by atoms with Crippen LogP contribution >= 0.6 is 0 Å². The summed E-state index contributed by atoms with van der Waals surface area (Å²) in [5, 5.41) is 0. The standard InChI is InChI=1S/C16H24O4/c1-6-7-11-8-9-12(10(2)3)14(16(18)20-5)13(11)15(17)19-4/h8-9,11,13-14H,6-7H2,1-5H3/t11-,13+,14+/m1/s1. The van der Waals surface area contributed by atoms with Gasteiger partial charge in [0.05, 0.1) is 26.1 Å². The fourth-order valence-corrected chi connectivity index (χ4v) is 2.83. The number of hydrogen-bond acceptors (Lipinski definition) is 4. The van der Waals surface area contributed by atoms with Crippen molar-refractivity contribution in [1.82, 2.24) is 0 Å². The van der Waals surface area contributed by atoms with Crippen molar-refractivity contribution in [2.45, 2.75) is 33.6 Å². The molecule has 0 heterocycles. The molecule has 0 aromatic heterocycles. The van der Waals surface area contributed by atoms with Crippen LogP contribution in [0.2, 0.25) is 0 Å². The van der Waals surface area contributed by atoms with Crippen LogP contribution in [-0.4, -0.2) is 26.2 Å². The number of rotatable bonds is 4. The van der Waals surface area contributed by atoms with Crippen LogP contribution in [0.3, 0.4) is 0 Å². The molecule has 0 N–H and O–H groups in total. The Balaban J connectivity index is 3.32. The molecule has 20 heavy (non-hydrogen) atoms. The summed E-state index contributed by atoms with van der Waals surface area (Å²) in [7, 11) is 2.71. The Kier molecular flexibility index (Phi) is 5.99. The Morgan fingerprint density at radius 1 is 1.15 bits per heavy atom. The molecule has 1 aliphatic carbocycles. The Bertz CT molecular complexity index is 430. The van der Waals surface area contributed by atoms with Crippen LogP contribution in [-0.2, 0) is 19.1 Å². The maximum atomic E-state index is 12.2. The number of ether oxygens (including phenoxy) is 2. The lowest BCUT2D eigenvalue weighted by atomic mass is 9.70. The number of esters is 2. The molecule has 0 bridgehead atoms. The van der Waals surface area contributed by atoms with Gasteiger partial charge < -0.3 is 9.47 Å². The zero-order valence-corrected chi connectivity index (χ0v) is 12.9. The van der Waals surface area contributed by atoms with E-state index in [1.165, 1.54) is 14.2 Å². The van der Waals surface area contributed by atoms with Crippen LogP contribution < -0.4 is 0 Å². The van der Waals surface area contributed by atoms with E-state index in [4.69, 9.17) is 9.47 Å². The molecule has 4 nitrogen and oxygen atoms in total. The molecule has 3 atom stereocenters. The molecule has 0 aromatic rings. The summed E-state index contributed by atoms with van der Waals surface area (Å²) < 4.78 is 9.82. The van der Waals surface area contributed by atoms with Gasteiger partial charge in [0.15, 0.2) is 0 Å². The molecule has 0 saturated heterocycles. The molecule has 1 aliphatic rings. The predicted molar refractivity (Wildman–Crippen MR) is 76.9 cm³/mol. The second kappa shape index (κ2) is 7.27. The van der Waals surface area contributed by atoms with E-state index in [1.807, 2.05) is 26.0 Å². The van der Waals surface area contributed by atoms with Crippen LogP contribution in [0.15, 0.2) is 23.3 Å². The van der Waals surface area contributed by atoms with Gasteiger partial charge in [0.2, 0.25) is 0 Å². The second-order valence-electron chi connectivity index (χ2n) is 5.32. The number of allylic oxidation sites excluding steroid dienone is 3. The predicted octanol–water partition coefficient (Wildman–Crippen LogP) is 2.89. The van der Waals surface area contributed by atoms with Crippen molar-refractivity contribution in [1.29, 1.82) is 0 Å². The highest BCUT2D eigenvalue weighted by molar-refractivity contribution is 5.86. The molecule has 0 fully saturated rings. The van der Waals surface area contributed by atoms with Gasteiger partial charge in [-0.05, 0) is 31.8 Å². The Morgan fingerprint density at radius 3 is 2.20 bits per heavy atom. The van der Waals surface area contributed by atoms with Crippen molar-refractivity contribution in [3.63, 3.8) is 0 Å². The van der Waals surface area contributed by atoms with E-state index in [1.54, 1.807) is 0 Å². The molecule has 112 valence electrons. The average molecular weight is 280 g/mol. The van der Waals surface area contributed by atoms with Gasteiger partial charge in [0, 0.05) is 0 Å². The third kappa shape index (κ3) is 3.30. The van der Waals surface area contributed by atoms with Crippen molar-refractivity contribution in [3.8, 4) is 0 Å². The quantitative estimate of drug-likeness (QED) is 0.743. The van der Waals surface area contributed by atoms with Crippen LogP contribution in [0.1, 0.15) is 33.6 Å². The smallest absolute Gasteiger partial charge is 0.314 e. The van der Waals surface area contributed by atoms with Gasteiger partial charge in [-0.1, -0.05) is 31.1 Å². The fourth-order valence-electron chi connectivity index (χ4n) is 2.83. The molecule has 0 saturated carbocycles. The number of hydrogen-bond donors (Lipinski definition) is 0. The molecule has 0 radical (unpaired) electrons. The fraction of sp³-hybridized carbons (Fsp3) is 0.625. The zero-order valence-electron chi connectivity index (χ0n) is 12.9. The van der Waals surface area contributed by atoms with E-state index in [9.17, 15) is 9.59 Å². The van der Waals surface area contributed by atoms with Gasteiger partial charge in [-0.3, -0.25) is 9.59 Å². The maximum absolute atomic E-state index is 12.2. The summed E-state index contributed by atoms with van der Waals surface area (Å²) in [5.41, 5.74) is 1.88. The Morgan fingerprint density at radius 2 is 1.75 bits per heavy atom. The molecule has 0 aliphatic heterocycles. The summed E-state index contributed by atoms with van der Waals surface area (Å²) >= 11 is 0. The van der Waals surface area contributed by atoms with Crippen molar-refractivity contribution >= 4 is 11.9 Å². The summed E-state index contributed by atoms with van der Waals surface area (Å²) in [6, 6.07) is 0. The molecule has 4 heteroatoms. The summed E-state index contributed by atoms with van der Waals surface area (Å²) in [6.07, 6.45) is 5.77. The second-order valence-corrected chi connectivity index (χ2v) is 5.32. The van der Waals surface area contributed by atoms with Gasteiger partial charge in [-0.25, -0.2) is 0 Å². The molecular weight excluding hydrogens is 256 g/mol. The third-order valence-electron chi connectivity index (χ3n) is 3.81. The average Bonchev–Trinajstić information content (AvgIpc) is 2.45. The first-order valence-corrected chi connectivity index (χ1v) is 6.99. The largest absolute Gasteiger partial charge is 0.469 e. The molecule has 1 rings (SSSR count). The van der Waals surface area contributed by atoms with E-state index in [2.05, 4.69) is 6.92 Å². The van der Waals surface area contributed by atoms with Crippen LogP contribution in [0.4, 0.5) is 0 Å². The van der Waals surface area contributed by atoms with Crippen molar-refractivity contribution in [2.24, 2.45) is 17.8 Å². The first-order chi connectivity index (χ1) is 9.47. The van der Waals surface area contributed by atoms with Crippen LogP contribution in [0.25, 0.3) is 0 Å². The van der Waals surface area contributed by atoms with Crippen LogP contribution in [0.5, 0.6) is 0 Å². The van der Waals surface area contributed by atoms with E-state index in [0.717, 1.165) is 24.0 Å². The Hall–Kier alpha value is -1.58. The highest BCUT2D eigenvalue weighted by Crippen LogP contribution is 2.39. The third-order valence-corrected chi connectivity index (χ3v) is 3.81. The molecule has 0 aromatic carbocycles. The van der Waals surface area contributed by atoms with Crippen LogP contribution in [0, 0.1) is 17.8 Å². The first-order valence-electron chi connectivity index (χ1n) is 6.99. The molecule has 0 spiro atoms. The van der Waals surface area contributed by atoms with E-state index >= 15 is 0 Å². The topological polar surface area (TPSA) is 52.6 Å². The minimum atomic E-state index is -0.570. The van der Waals surface area contributed by atoms with Crippen molar-refractivity contribution in [3.05, 3.63) is 23.3 Å². The lowest BCUT2D eigenvalue weighted by molar-refractivity contribution is -0.157.